The minimum Gasteiger partial charge on any atom is -0.290 e. The fourth-order valence-electron chi connectivity index (χ4n) is 0.612. The number of anilines is 1. The van der Waals surface area contributed by atoms with Crippen LogP contribution in [-0.4, -0.2) is 15.4 Å². The minimum absolute atomic E-state index is 0.283. The molecule has 0 fully saturated rings. The second kappa shape index (κ2) is 3.43. The van der Waals surface area contributed by atoms with Crippen LogP contribution in [0.5, 0.6) is 0 Å². The average molecular weight is 174 g/mol. The van der Waals surface area contributed by atoms with Gasteiger partial charge in [0.05, 0.1) is 0 Å². The molecule has 5 heteroatoms. The van der Waals surface area contributed by atoms with Gasteiger partial charge in [-0.15, -0.1) is 0 Å². The number of rotatable bonds is 2. The highest BCUT2D eigenvalue weighted by atomic mass is 32.2. The van der Waals surface area contributed by atoms with E-state index in [1.54, 1.807) is 6.07 Å². The third kappa shape index (κ3) is 2.63. The number of hydrogen-bond donors (Lipinski definition) is 1. The summed E-state index contributed by atoms with van der Waals surface area (Å²) in [6.07, 6.45) is 1.45. The number of hydrogen-bond acceptors (Lipinski definition) is 2. The Morgan fingerprint density at radius 1 is 1.64 bits per heavy atom. The predicted octanol–water partition coefficient (Wildman–Crippen LogP) is 0.926. The van der Waals surface area contributed by atoms with Gasteiger partial charge in [0.2, 0.25) is 5.95 Å². The molecule has 60 valence electrons. The third-order valence-electron chi connectivity index (χ3n) is 0.963. The fourth-order valence-corrected chi connectivity index (χ4v) is 1.02. The Kier molecular flexibility index (Phi) is 2.53. The normalized spacial score (nSPS) is 12.5. The smallest absolute Gasteiger partial charge is 0.214 e. The van der Waals surface area contributed by atoms with Gasteiger partial charge in [-0.1, -0.05) is 6.07 Å². The van der Waals surface area contributed by atoms with Crippen molar-refractivity contribution in [2.75, 3.05) is 11.0 Å². The zero-order valence-electron chi connectivity index (χ0n) is 5.87. The highest BCUT2D eigenvalue weighted by molar-refractivity contribution is 7.85. The first-order valence-electron chi connectivity index (χ1n) is 2.91. The van der Waals surface area contributed by atoms with E-state index in [1.165, 1.54) is 18.4 Å². The van der Waals surface area contributed by atoms with Crippen molar-refractivity contribution in [3.8, 4) is 0 Å². The first-order chi connectivity index (χ1) is 5.18. The summed E-state index contributed by atoms with van der Waals surface area (Å²) in [5, 5.41) is 0. The molecule has 0 amide bonds. The lowest BCUT2D eigenvalue weighted by Crippen LogP contribution is -2.03. The SMILES string of the molecule is CS(=O)Nc1cccc(F)n1. The van der Waals surface area contributed by atoms with Gasteiger partial charge in [0.25, 0.3) is 0 Å². The van der Waals surface area contributed by atoms with Crippen molar-refractivity contribution in [2.24, 2.45) is 0 Å². The van der Waals surface area contributed by atoms with Crippen LogP contribution in [0.2, 0.25) is 0 Å². The van der Waals surface area contributed by atoms with Crippen molar-refractivity contribution in [1.82, 2.24) is 4.98 Å². The number of nitrogens with zero attached hydrogens (tertiary/aromatic N) is 1. The summed E-state index contributed by atoms with van der Waals surface area (Å²) in [7, 11) is -1.20. The first kappa shape index (κ1) is 8.13. The van der Waals surface area contributed by atoms with E-state index in [-0.39, 0.29) is 5.82 Å². The van der Waals surface area contributed by atoms with E-state index in [4.69, 9.17) is 0 Å². The molecule has 0 aliphatic carbocycles. The largest absolute Gasteiger partial charge is 0.290 e. The van der Waals surface area contributed by atoms with Crippen LogP contribution in [0, 0.1) is 5.95 Å². The summed E-state index contributed by atoms with van der Waals surface area (Å²) in [6, 6.07) is 4.27. The Balaban J connectivity index is 2.79. The Morgan fingerprint density at radius 3 is 2.91 bits per heavy atom. The fraction of sp³-hybridized carbons (Fsp3) is 0.167. The van der Waals surface area contributed by atoms with Crippen LogP contribution < -0.4 is 4.72 Å². The molecular weight excluding hydrogens is 167 g/mol. The van der Waals surface area contributed by atoms with Gasteiger partial charge >= 0.3 is 0 Å². The summed E-state index contributed by atoms with van der Waals surface area (Å²) >= 11 is 0. The lowest BCUT2D eigenvalue weighted by atomic mass is 10.5. The van der Waals surface area contributed by atoms with Gasteiger partial charge in [0, 0.05) is 6.26 Å². The van der Waals surface area contributed by atoms with Gasteiger partial charge in [-0.05, 0) is 12.1 Å². The highest BCUT2D eigenvalue weighted by Gasteiger charge is 1.95. The molecule has 0 aliphatic rings. The molecule has 1 atom stereocenters. The van der Waals surface area contributed by atoms with Crippen molar-refractivity contribution in [3.05, 3.63) is 24.1 Å². The molecule has 1 N–H and O–H groups in total. The monoisotopic (exact) mass is 174 g/mol. The van der Waals surface area contributed by atoms with Gasteiger partial charge in [-0.2, -0.15) is 4.39 Å². The molecule has 0 aromatic carbocycles. The van der Waals surface area contributed by atoms with Crippen LogP contribution in [0.25, 0.3) is 0 Å². The Hall–Kier alpha value is -0.970. The molecule has 1 aromatic heterocycles. The topological polar surface area (TPSA) is 42.0 Å². The van der Waals surface area contributed by atoms with E-state index in [1.807, 2.05) is 0 Å². The summed E-state index contributed by atoms with van der Waals surface area (Å²) < 4.78 is 25.4. The molecule has 11 heavy (non-hydrogen) atoms. The number of pyridine rings is 1. The van der Waals surface area contributed by atoms with Gasteiger partial charge in [-0.25, -0.2) is 9.19 Å². The maximum Gasteiger partial charge on any atom is 0.214 e. The predicted molar refractivity (Wildman–Crippen MR) is 41.9 cm³/mol. The molecule has 1 heterocycles. The van der Waals surface area contributed by atoms with Crippen molar-refractivity contribution in [2.45, 2.75) is 0 Å². The van der Waals surface area contributed by atoms with E-state index in [0.717, 1.165) is 0 Å². The van der Waals surface area contributed by atoms with Crippen molar-refractivity contribution < 1.29 is 8.60 Å². The molecule has 0 radical (unpaired) electrons. The molecule has 0 bridgehead atoms. The maximum absolute atomic E-state index is 12.4. The Bertz CT molecular complexity index is 279. The number of aromatic nitrogens is 1. The molecular formula is C6H7FN2OS. The Morgan fingerprint density at radius 2 is 2.36 bits per heavy atom. The first-order valence-corrected chi connectivity index (χ1v) is 4.47. The van der Waals surface area contributed by atoms with E-state index in [2.05, 4.69) is 9.71 Å². The van der Waals surface area contributed by atoms with Crippen LogP contribution in [0.15, 0.2) is 18.2 Å². The van der Waals surface area contributed by atoms with E-state index < -0.39 is 16.9 Å². The molecule has 0 aliphatic heterocycles. The molecule has 1 aromatic rings. The summed E-state index contributed by atoms with van der Waals surface area (Å²) in [4.78, 5) is 3.44. The zero-order valence-corrected chi connectivity index (χ0v) is 6.69. The van der Waals surface area contributed by atoms with Gasteiger partial charge in [0.15, 0.2) is 0 Å². The lowest BCUT2D eigenvalue weighted by Gasteiger charge is -1.98. The number of halogens is 1. The average Bonchev–Trinajstić information content (AvgIpc) is 1.85. The quantitative estimate of drug-likeness (QED) is 0.677. The molecule has 1 unspecified atom stereocenters. The summed E-state index contributed by atoms with van der Waals surface area (Å²) in [5.41, 5.74) is 0. The standard InChI is InChI=1S/C6H7FN2OS/c1-11(10)9-6-4-2-3-5(7)8-6/h2-4H,1H3,(H,8,9). The second-order valence-corrected chi connectivity index (χ2v) is 3.01. The van der Waals surface area contributed by atoms with Crippen LogP contribution in [-0.2, 0) is 11.0 Å². The second-order valence-electron chi connectivity index (χ2n) is 1.90. The van der Waals surface area contributed by atoms with Crippen LogP contribution >= 0.6 is 0 Å². The van der Waals surface area contributed by atoms with Gasteiger partial charge < -0.3 is 0 Å². The highest BCUT2D eigenvalue weighted by Crippen LogP contribution is 2.02. The molecule has 0 saturated carbocycles. The zero-order chi connectivity index (χ0) is 8.27. The van der Waals surface area contributed by atoms with Crippen molar-refractivity contribution in [3.63, 3.8) is 0 Å². The van der Waals surface area contributed by atoms with Crippen LogP contribution in [0.1, 0.15) is 0 Å². The van der Waals surface area contributed by atoms with Crippen LogP contribution in [0.4, 0.5) is 10.2 Å². The van der Waals surface area contributed by atoms with E-state index >= 15 is 0 Å². The summed E-state index contributed by atoms with van der Waals surface area (Å²) in [5.74, 6) is -0.300. The van der Waals surface area contributed by atoms with Gasteiger partial charge in [-0.3, -0.25) is 4.72 Å². The third-order valence-corrected chi connectivity index (χ3v) is 1.46. The summed E-state index contributed by atoms with van der Waals surface area (Å²) in [6.45, 7) is 0. The molecule has 3 nitrogen and oxygen atoms in total. The maximum atomic E-state index is 12.4. The van der Waals surface area contributed by atoms with E-state index in [0.29, 0.717) is 0 Å². The number of nitrogens with one attached hydrogen (secondary N) is 1. The Labute approximate surface area is 66.2 Å². The van der Waals surface area contributed by atoms with E-state index in [9.17, 15) is 8.60 Å². The minimum atomic E-state index is -1.20. The van der Waals surface area contributed by atoms with Crippen molar-refractivity contribution in [1.29, 1.82) is 0 Å². The molecule has 0 saturated heterocycles. The molecule has 1 rings (SSSR count). The van der Waals surface area contributed by atoms with Crippen LogP contribution in [0.3, 0.4) is 0 Å². The van der Waals surface area contributed by atoms with Crippen molar-refractivity contribution >= 4 is 16.8 Å². The molecule has 0 spiro atoms. The lowest BCUT2D eigenvalue weighted by molar-refractivity contribution is 0.586. The van der Waals surface area contributed by atoms with Gasteiger partial charge in [0.1, 0.15) is 16.8 Å².